The Morgan fingerprint density at radius 2 is 1.10 bits per heavy atom. The van der Waals surface area contributed by atoms with E-state index in [4.69, 9.17) is 5.10 Å². The molecule has 1 atom stereocenters. The Kier molecular flexibility index (Phi) is 5.95. The van der Waals surface area contributed by atoms with Gasteiger partial charge in [-0.25, -0.2) is 9.80 Å². The van der Waals surface area contributed by atoms with Crippen LogP contribution in [0.1, 0.15) is 11.1 Å². The number of hydrazone groups is 1. The van der Waals surface area contributed by atoms with Crippen molar-refractivity contribution >= 4 is 44.7 Å². The summed E-state index contributed by atoms with van der Waals surface area (Å²) < 4.78 is 0.933. The summed E-state index contributed by atoms with van der Waals surface area (Å²) in [6, 6.07) is 47.5. The first-order valence-electron chi connectivity index (χ1n) is 13.0. The third-order valence-corrected chi connectivity index (χ3v) is 7.70. The lowest BCUT2D eigenvalue weighted by molar-refractivity contribution is 0.191. The fraction of sp³-hybridized carbons (Fsp3) is 0.0303. The van der Waals surface area contributed by atoms with E-state index >= 15 is 0 Å². The lowest BCUT2D eigenvalue weighted by Gasteiger charge is -2.41. The fourth-order valence-electron chi connectivity index (χ4n) is 5.49. The number of amides is 2. The van der Waals surface area contributed by atoms with Crippen LogP contribution in [-0.2, 0) is 5.66 Å². The number of para-hydroxylation sites is 2. The Labute approximate surface area is 241 Å². The number of halogens is 1. The van der Waals surface area contributed by atoms with Gasteiger partial charge in [0.25, 0.3) is 0 Å². The molecule has 2 aliphatic rings. The van der Waals surface area contributed by atoms with Gasteiger partial charge in [0.05, 0.1) is 11.4 Å². The van der Waals surface area contributed by atoms with E-state index in [0.717, 1.165) is 38.4 Å². The van der Waals surface area contributed by atoms with Gasteiger partial charge in [0.15, 0.2) is 0 Å². The van der Waals surface area contributed by atoms with Gasteiger partial charge in [-0.2, -0.15) is 10.2 Å². The summed E-state index contributed by atoms with van der Waals surface area (Å²) in [5, 5.41) is 10.9. The van der Waals surface area contributed by atoms with E-state index in [2.05, 4.69) is 28.1 Å². The number of anilines is 3. The molecule has 0 aliphatic carbocycles. The van der Waals surface area contributed by atoms with Crippen LogP contribution in [0, 0.1) is 0 Å². The predicted octanol–water partition coefficient (Wildman–Crippen LogP) is 7.81. The lowest BCUT2D eigenvalue weighted by Crippen LogP contribution is -2.58. The molecule has 0 aromatic heterocycles. The molecule has 0 radical (unpaired) electrons. The normalized spacial score (nSPS) is 18.7. The maximum Gasteiger partial charge on any atom is 0.347 e. The molecule has 1 unspecified atom stereocenters. The predicted molar refractivity (Wildman–Crippen MR) is 163 cm³/mol. The van der Waals surface area contributed by atoms with Gasteiger partial charge < -0.3 is 0 Å². The molecule has 5 aromatic rings. The highest BCUT2D eigenvalue weighted by Gasteiger charge is 2.67. The SMILES string of the molecule is O=C1N(c2ccccc2)N2N(c3ccccc3)N=C(c3ccccc3)C2(c2ccccc2)N1c1ccc(Br)cc1. The second-order valence-corrected chi connectivity index (χ2v) is 10.4. The number of benzene rings is 5. The van der Waals surface area contributed by atoms with Crippen molar-refractivity contribution in [2.24, 2.45) is 5.10 Å². The van der Waals surface area contributed by atoms with Gasteiger partial charge in [0.2, 0.25) is 5.66 Å². The molecular weight excluding hydrogens is 562 g/mol. The molecule has 0 bridgehead atoms. The van der Waals surface area contributed by atoms with E-state index in [1.807, 2.05) is 149 Å². The summed E-state index contributed by atoms with van der Waals surface area (Å²) >= 11 is 3.56. The Morgan fingerprint density at radius 1 is 0.575 bits per heavy atom. The van der Waals surface area contributed by atoms with Gasteiger partial charge >= 0.3 is 6.03 Å². The van der Waals surface area contributed by atoms with Crippen molar-refractivity contribution in [3.05, 3.63) is 161 Å². The standard InChI is InChI=1S/C33H24BrN5O/c34-27-21-23-28(24-22-27)36-32(40)37(29-17-9-3-10-18-29)39-33(36,26-15-7-2-8-16-26)31(25-13-5-1-6-14-25)35-38(39)30-19-11-4-12-20-30/h1-24H. The largest absolute Gasteiger partial charge is 0.347 e. The zero-order valence-electron chi connectivity index (χ0n) is 21.4. The van der Waals surface area contributed by atoms with Crippen LogP contribution in [0.3, 0.4) is 0 Å². The van der Waals surface area contributed by atoms with Crippen LogP contribution < -0.4 is 15.0 Å². The molecule has 40 heavy (non-hydrogen) atoms. The highest BCUT2D eigenvalue weighted by molar-refractivity contribution is 9.10. The molecule has 2 amide bonds. The van der Waals surface area contributed by atoms with Crippen LogP contribution in [0.15, 0.2) is 155 Å². The van der Waals surface area contributed by atoms with E-state index < -0.39 is 5.66 Å². The van der Waals surface area contributed by atoms with Gasteiger partial charge in [-0.05, 0) is 48.5 Å². The summed E-state index contributed by atoms with van der Waals surface area (Å²) in [5.41, 5.74) is 3.74. The number of carbonyl (C=O) groups is 1. The summed E-state index contributed by atoms with van der Waals surface area (Å²) in [6.45, 7) is 0. The van der Waals surface area contributed by atoms with Crippen LogP contribution in [0.5, 0.6) is 0 Å². The third-order valence-electron chi connectivity index (χ3n) is 7.18. The van der Waals surface area contributed by atoms with Crippen molar-refractivity contribution < 1.29 is 4.79 Å². The minimum atomic E-state index is -1.14. The average Bonchev–Trinajstić information content (AvgIpc) is 3.49. The fourth-order valence-corrected chi connectivity index (χ4v) is 5.75. The van der Waals surface area contributed by atoms with E-state index in [1.54, 1.807) is 5.01 Å². The molecule has 1 fully saturated rings. The summed E-state index contributed by atoms with van der Waals surface area (Å²) in [6.07, 6.45) is 0. The third kappa shape index (κ3) is 3.66. The van der Waals surface area contributed by atoms with Gasteiger partial charge in [0.1, 0.15) is 5.71 Å². The monoisotopic (exact) mass is 585 g/mol. The van der Waals surface area contributed by atoms with E-state index in [-0.39, 0.29) is 6.03 Å². The number of nitrogens with zero attached hydrogens (tertiary/aromatic N) is 5. The Hall–Kier alpha value is -4.72. The topological polar surface area (TPSA) is 42.4 Å². The maximum atomic E-state index is 14.9. The number of hydrogen-bond donors (Lipinski definition) is 0. The number of carbonyl (C=O) groups excluding carboxylic acids is 1. The van der Waals surface area contributed by atoms with Crippen LogP contribution in [0.2, 0.25) is 0 Å². The van der Waals surface area contributed by atoms with E-state index in [9.17, 15) is 4.79 Å². The van der Waals surface area contributed by atoms with Gasteiger partial charge in [-0.1, -0.05) is 118 Å². The number of hydrazine groups is 2. The Bertz CT molecular complexity index is 1680. The van der Waals surface area contributed by atoms with Crippen molar-refractivity contribution in [1.82, 2.24) is 5.12 Å². The van der Waals surface area contributed by atoms with Crippen LogP contribution in [-0.4, -0.2) is 16.9 Å². The van der Waals surface area contributed by atoms with Crippen LogP contribution in [0.4, 0.5) is 21.9 Å². The van der Waals surface area contributed by atoms with Crippen molar-refractivity contribution in [1.29, 1.82) is 0 Å². The first kappa shape index (κ1) is 24.3. The Morgan fingerprint density at radius 3 is 1.70 bits per heavy atom. The lowest BCUT2D eigenvalue weighted by atomic mass is 9.88. The molecule has 7 heteroatoms. The second kappa shape index (κ2) is 9.79. The molecule has 5 aromatic carbocycles. The van der Waals surface area contributed by atoms with Crippen LogP contribution in [0.25, 0.3) is 0 Å². The quantitative estimate of drug-likeness (QED) is 0.211. The van der Waals surface area contributed by atoms with Gasteiger partial charge in [-0.15, -0.1) is 0 Å². The molecule has 1 saturated heterocycles. The summed E-state index contributed by atoms with van der Waals surface area (Å²) in [7, 11) is 0. The van der Waals surface area contributed by atoms with Crippen molar-refractivity contribution in [3.63, 3.8) is 0 Å². The second-order valence-electron chi connectivity index (χ2n) is 9.51. The Balaban J connectivity index is 1.60. The number of urea groups is 1. The highest BCUT2D eigenvalue weighted by Crippen LogP contribution is 2.52. The van der Waals surface area contributed by atoms with Crippen molar-refractivity contribution in [2.45, 2.75) is 5.66 Å². The molecular formula is C33H24BrN5O. The first-order chi connectivity index (χ1) is 19.7. The van der Waals surface area contributed by atoms with Crippen LogP contribution >= 0.6 is 15.9 Å². The van der Waals surface area contributed by atoms with E-state index in [0.29, 0.717) is 0 Å². The smallest absolute Gasteiger partial charge is 0.260 e. The van der Waals surface area contributed by atoms with Crippen molar-refractivity contribution in [3.8, 4) is 0 Å². The number of fused-ring (bicyclic) bond motifs is 1. The molecule has 2 heterocycles. The van der Waals surface area contributed by atoms with E-state index in [1.165, 1.54) is 0 Å². The highest BCUT2D eigenvalue weighted by atomic mass is 79.9. The zero-order valence-corrected chi connectivity index (χ0v) is 23.0. The molecule has 2 aliphatic heterocycles. The molecule has 194 valence electrons. The first-order valence-corrected chi connectivity index (χ1v) is 13.8. The summed E-state index contributed by atoms with van der Waals surface area (Å²) in [4.78, 5) is 16.7. The molecule has 0 saturated carbocycles. The number of rotatable bonds is 5. The molecule has 0 spiro atoms. The molecule has 7 rings (SSSR count). The average molecular weight is 586 g/mol. The van der Waals surface area contributed by atoms with Crippen molar-refractivity contribution in [2.75, 3.05) is 15.0 Å². The summed E-state index contributed by atoms with van der Waals surface area (Å²) in [5.74, 6) is 0. The minimum Gasteiger partial charge on any atom is -0.260 e. The van der Waals surface area contributed by atoms with Gasteiger partial charge in [0, 0.05) is 21.3 Å². The molecule has 0 N–H and O–H groups in total. The van der Waals surface area contributed by atoms with Gasteiger partial charge in [-0.3, -0.25) is 4.90 Å². The zero-order chi connectivity index (χ0) is 27.1. The minimum absolute atomic E-state index is 0.193. The maximum absolute atomic E-state index is 14.9. The molecule has 6 nitrogen and oxygen atoms in total. The number of hydrogen-bond acceptors (Lipinski definition) is 4.